The van der Waals surface area contributed by atoms with Gasteiger partial charge in [0.25, 0.3) is 0 Å². The van der Waals surface area contributed by atoms with Crippen LogP contribution >= 0.6 is 11.3 Å². The summed E-state index contributed by atoms with van der Waals surface area (Å²) in [6.45, 7) is 0. The number of hydrogen-bond donors (Lipinski definition) is 0. The first-order valence-corrected chi connectivity index (χ1v) is 14.9. The Morgan fingerprint density at radius 2 is 1.12 bits per heavy atom. The summed E-state index contributed by atoms with van der Waals surface area (Å²) < 4.78 is 12.1. The summed E-state index contributed by atoms with van der Waals surface area (Å²) in [6, 6.07) is 45.1. The Balaban J connectivity index is 1.34. The van der Waals surface area contributed by atoms with Crippen LogP contribution in [0, 0.1) is 0 Å². The molecular weight excluding hydrogens is 534 g/mol. The number of hydrogen-bond acceptors (Lipinski definition) is 3. The van der Waals surface area contributed by atoms with E-state index in [0.717, 1.165) is 54.0 Å². The van der Waals surface area contributed by atoms with Crippen LogP contribution in [-0.4, -0.2) is 14.1 Å². The van der Waals surface area contributed by atoms with Gasteiger partial charge in [0.1, 0.15) is 11.2 Å². The van der Waals surface area contributed by atoms with Gasteiger partial charge in [0.05, 0.1) is 32.3 Å². The molecule has 0 saturated heterocycles. The van der Waals surface area contributed by atoms with E-state index in [0.29, 0.717) is 0 Å². The van der Waals surface area contributed by atoms with Gasteiger partial charge in [0, 0.05) is 38.0 Å². The Morgan fingerprint density at radius 3 is 1.88 bits per heavy atom. The molecule has 10 aromatic rings. The van der Waals surface area contributed by atoms with Gasteiger partial charge in [-0.1, -0.05) is 84.1 Å². The molecule has 6 aromatic carbocycles. The maximum atomic E-state index is 6.20. The molecular formula is C37H21N3OS. The Kier molecular flexibility index (Phi) is 4.30. The van der Waals surface area contributed by atoms with Crippen molar-refractivity contribution in [2.24, 2.45) is 0 Å². The van der Waals surface area contributed by atoms with Gasteiger partial charge in [0.15, 0.2) is 5.13 Å². The number of para-hydroxylation sites is 4. The predicted molar refractivity (Wildman–Crippen MR) is 176 cm³/mol. The topological polar surface area (TPSA) is 35.9 Å². The lowest BCUT2D eigenvalue weighted by atomic mass is 10.1. The molecule has 4 nitrogen and oxygen atoms in total. The van der Waals surface area contributed by atoms with E-state index < -0.39 is 0 Å². The minimum atomic E-state index is 0.900. The van der Waals surface area contributed by atoms with Crippen LogP contribution in [0.5, 0.6) is 0 Å². The highest BCUT2D eigenvalue weighted by atomic mass is 32.1. The fourth-order valence-electron chi connectivity index (χ4n) is 6.77. The molecule has 0 aliphatic rings. The second kappa shape index (κ2) is 8.09. The third kappa shape index (κ3) is 2.88. The minimum absolute atomic E-state index is 0.900. The summed E-state index contributed by atoms with van der Waals surface area (Å²) in [5.41, 5.74) is 8.68. The number of aromatic nitrogens is 3. The van der Waals surface area contributed by atoms with Crippen LogP contribution in [0.15, 0.2) is 132 Å². The van der Waals surface area contributed by atoms with Crippen LogP contribution in [-0.2, 0) is 0 Å². The summed E-state index contributed by atoms with van der Waals surface area (Å²) in [6.07, 6.45) is 0. The second-order valence-electron chi connectivity index (χ2n) is 10.8. The largest absolute Gasteiger partial charge is 0.456 e. The third-order valence-electron chi connectivity index (χ3n) is 8.56. The number of nitrogens with zero attached hydrogens (tertiary/aromatic N) is 3. The predicted octanol–water partition coefficient (Wildman–Crippen LogP) is 10.4. The number of furan rings is 1. The van der Waals surface area contributed by atoms with Crippen molar-refractivity contribution in [3.8, 4) is 10.8 Å². The van der Waals surface area contributed by atoms with Gasteiger partial charge >= 0.3 is 0 Å². The average Bonchev–Trinajstić information content (AvgIpc) is 3.79. The molecule has 0 aliphatic heterocycles. The van der Waals surface area contributed by atoms with Crippen LogP contribution in [0.3, 0.4) is 0 Å². The van der Waals surface area contributed by atoms with Crippen LogP contribution in [0.4, 0.5) is 0 Å². The SMILES string of the molecule is c1ccc(-n2c3ccccc3c3cc4c(cc32)c2ccccc2n4-c2nc3ccc4oc5ccccc5c4c3s2)cc1. The second-order valence-corrected chi connectivity index (χ2v) is 11.8. The summed E-state index contributed by atoms with van der Waals surface area (Å²) >= 11 is 1.73. The summed E-state index contributed by atoms with van der Waals surface area (Å²) in [5.74, 6) is 0. The zero-order chi connectivity index (χ0) is 27.4. The number of thiazole rings is 1. The van der Waals surface area contributed by atoms with E-state index in [-0.39, 0.29) is 0 Å². The first kappa shape index (κ1) is 22.3. The molecule has 0 unspecified atom stereocenters. The normalized spacial score (nSPS) is 12.3. The molecule has 4 heterocycles. The maximum Gasteiger partial charge on any atom is 0.195 e. The Bertz CT molecular complexity index is 2690. The quantitative estimate of drug-likeness (QED) is 0.213. The van der Waals surface area contributed by atoms with Crippen molar-refractivity contribution in [3.63, 3.8) is 0 Å². The van der Waals surface area contributed by atoms with Gasteiger partial charge in [-0.05, 0) is 54.6 Å². The van der Waals surface area contributed by atoms with Crippen molar-refractivity contribution in [3.05, 3.63) is 127 Å². The molecule has 0 N–H and O–H groups in total. The molecule has 0 fully saturated rings. The summed E-state index contributed by atoms with van der Waals surface area (Å²) in [5, 5.41) is 8.14. The highest BCUT2D eigenvalue weighted by Crippen LogP contribution is 2.42. The third-order valence-corrected chi connectivity index (χ3v) is 9.63. The highest BCUT2D eigenvalue weighted by Gasteiger charge is 2.21. The Morgan fingerprint density at radius 1 is 0.500 bits per heavy atom. The van der Waals surface area contributed by atoms with Crippen LogP contribution in [0.2, 0.25) is 0 Å². The van der Waals surface area contributed by atoms with Crippen LogP contribution in [0.1, 0.15) is 0 Å². The van der Waals surface area contributed by atoms with E-state index in [1.807, 2.05) is 12.1 Å². The van der Waals surface area contributed by atoms with Gasteiger partial charge in [-0.3, -0.25) is 4.57 Å². The van der Waals surface area contributed by atoms with Crippen molar-refractivity contribution in [1.29, 1.82) is 0 Å². The zero-order valence-electron chi connectivity index (χ0n) is 22.3. The molecule has 10 rings (SSSR count). The molecule has 0 atom stereocenters. The van der Waals surface area contributed by atoms with Gasteiger partial charge in [-0.2, -0.15) is 0 Å². The lowest BCUT2D eigenvalue weighted by Gasteiger charge is -2.08. The van der Waals surface area contributed by atoms with Crippen molar-refractivity contribution < 1.29 is 4.42 Å². The van der Waals surface area contributed by atoms with E-state index in [1.165, 1.54) is 32.6 Å². The fraction of sp³-hybridized carbons (Fsp3) is 0. The van der Waals surface area contributed by atoms with E-state index in [2.05, 4.69) is 124 Å². The van der Waals surface area contributed by atoms with Gasteiger partial charge in [0.2, 0.25) is 0 Å². The molecule has 5 heteroatoms. The van der Waals surface area contributed by atoms with Gasteiger partial charge < -0.3 is 8.98 Å². The molecule has 0 radical (unpaired) electrons. The van der Waals surface area contributed by atoms with Crippen molar-refractivity contribution in [2.45, 2.75) is 0 Å². The van der Waals surface area contributed by atoms with Crippen LogP contribution in [0.25, 0.3) is 86.6 Å². The van der Waals surface area contributed by atoms with E-state index in [9.17, 15) is 0 Å². The molecule has 42 heavy (non-hydrogen) atoms. The zero-order valence-corrected chi connectivity index (χ0v) is 23.1. The van der Waals surface area contributed by atoms with Gasteiger partial charge in [-0.25, -0.2) is 4.98 Å². The molecule has 0 amide bonds. The van der Waals surface area contributed by atoms with E-state index >= 15 is 0 Å². The minimum Gasteiger partial charge on any atom is -0.456 e. The summed E-state index contributed by atoms with van der Waals surface area (Å²) in [4.78, 5) is 5.22. The number of rotatable bonds is 2. The standard InChI is InChI=1S/C37H21N3OS/c1-2-10-22(11-3-1)39-29-15-7-4-12-23(29)26-21-32-27(20-31(26)39)24-13-5-8-16-30(24)40(32)37-38-28-18-19-34-35(36(28)42-37)25-14-6-9-17-33(25)41-34/h1-21H. The Labute approximate surface area is 243 Å². The maximum absolute atomic E-state index is 6.20. The first-order valence-electron chi connectivity index (χ1n) is 14.1. The molecule has 0 saturated carbocycles. The molecule has 0 aliphatic carbocycles. The Hall–Kier alpha value is -5.39. The average molecular weight is 556 g/mol. The van der Waals surface area contributed by atoms with Crippen molar-refractivity contribution in [1.82, 2.24) is 14.1 Å². The smallest absolute Gasteiger partial charge is 0.195 e. The molecule has 0 bridgehead atoms. The lowest BCUT2D eigenvalue weighted by molar-refractivity contribution is 0.669. The summed E-state index contributed by atoms with van der Waals surface area (Å²) in [7, 11) is 0. The number of fused-ring (bicyclic) bond motifs is 11. The highest BCUT2D eigenvalue weighted by molar-refractivity contribution is 7.22. The van der Waals surface area contributed by atoms with Crippen LogP contribution < -0.4 is 0 Å². The van der Waals surface area contributed by atoms with Gasteiger partial charge in [-0.15, -0.1) is 0 Å². The monoisotopic (exact) mass is 555 g/mol. The fourth-order valence-corrected chi connectivity index (χ4v) is 7.92. The van der Waals surface area contributed by atoms with Crippen molar-refractivity contribution >= 4 is 87.1 Å². The van der Waals surface area contributed by atoms with E-state index in [1.54, 1.807) is 11.3 Å². The number of benzene rings is 6. The molecule has 196 valence electrons. The van der Waals surface area contributed by atoms with E-state index in [4.69, 9.17) is 9.40 Å². The molecule has 4 aromatic heterocycles. The molecule has 0 spiro atoms. The lowest BCUT2D eigenvalue weighted by Crippen LogP contribution is -1.94. The first-order chi connectivity index (χ1) is 20.8. The van der Waals surface area contributed by atoms with Crippen molar-refractivity contribution in [2.75, 3.05) is 0 Å².